The van der Waals surface area contributed by atoms with E-state index in [1.807, 2.05) is 24.9 Å². The second-order valence-corrected chi connectivity index (χ2v) is 7.55. The fraction of sp³-hybridized carbons (Fsp3) is 0.381. The molecule has 7 nitrogen and oxygen atoms in total. The Balaban J connectivity index is 1.77. The number of aromatic nitrogens is 3. The number of aryl methyl sites for hydroxylation is 1. The monoisotopic (exact) mass is 379 g/mol. The molecule has 1 aliphatic heterocycles. The maximum atomic E-state index is 13.5. The molecule has 3 heterocycles. The molecule has 0 saturated carbocycles. The molecular weight excluding hydrogens is 354 g/mol. The van der Waals surface area contributed by atoms with Crippen LogP contribution in [0.25, 0.3) is 22.3 Å². The summed E-state index contributed by atoms with van der Waals surface area (Å²) in [7, 11) is 1.95. The van der Waals surface area contributed by atoms with Gasteiger partial charge in [-0.15, -0.1) is 0 Å². The number of amides is 1. The first-order valence-electron chi connectivity index (χ1n) is 9.59. The second kappa shape index (κ2) is 7.24. The molecule has 7 heteroatoms. The van der Waals surface area contributed by atoms with Crippen molar-refractivity contribution in [3.05, 3.63) is 41.6 Å². The van der Waals surface area contributed by atoms with Crippen molar-refractivity contribution in [2.24, 2.45) is 5.92 Å². The molecule has 1 aromatic carbocycles. The third-order valence-electron chi connectivity index (χ3n) is 5.72. The number of fused-ring (bicyclic) bond motifs is 1. The first kappa shape index (κ1) is 18.4. The minimum Gasteiger partial charge on any atom is -0.508 e. The van der Waals surface area contributed by atoms with Crippen molar-refractivity contribution >= 4 is 16.9 Å². The maximum Gasteiger partial charge on any atom is 0.254 e. The molecule has 2 unspecified atom stereocenters. The minimum absolute atomic E-state index is 0.00378. The normalized spacial score (nSPS) is 19.9. The number of aromatic amines is 1. The van der Waals surface area contributed by atoms with Gasteiger partial charge in [0, 0.05) is 24.7 Å². The Morgan fingerprint density at radius 3 is 2.79 bits per heavy atom. The quantitative estimate of drug-likeness (QED) is 0.650. The summed E-state index contributed by atoms with van der Waals surface area (Å²) in [6.07, 6.45) is 0.973. The van der Waals surface area contributed by atoms with Gasteiger partial charge >= 0.3 is 0 Å². The molecule has 1 saturated heterocycles. The number of carbonyl (C=O) groups excluding carboxylic acids is 1. The molecular formula is C21H25N5O2. The van der Waals surface area contributed by atoms with E-state index in [2.05, 4.69) is 27.4 Å². The number of aromatic hydroxyl groups is 1. The van der Waals surface area contributed by atoms with Gasteiger partial charge < -0.3 is 15.3 Å². The summed E-state index contributed by atoms with van der Waals surface area (Å²) in [5, 5.41) is 20.9. The fourth-order valence-electron chi connectivity index (χ4n) is 3.93. The Hall–Kier alpha value is -2.93. The van der Waals surface area contributed by atoms with Gasteiger partial charge in [0.1, 0.15) is 5.75 Å². The van der Waals surface area contributed by atoms with Crippen molar-refractivity contribution in [2.45, 2.75) is 26.3 Å². The van der Waals surface area contributed by atoms with Crippen LogP contribution in [0.3, 0.4) is 0 Å². The van der Waals surface area contributed by atoms with Gasteiger partial charge in [0.15, 0.2) is 5.65 Å². The van der Waals surface area contributed by atoms with E-state index >= 15 is 0 Å². The van der Waals surface area contributed by atoms with Crippen LogP contribution in [-0.4, -0.2) is 57.3 Å². The number of likely N-dealkylation sites (N-methyl/N-ethyl adjacent to an activating group) is 1. The summed E-state index contributed by atoms with van der Waals surface area (Å²) in [6.45, 7) is 5.53. The van der Waals surface area contributed by atoms with Crippen molar-refractivity contribution < 1.29 is 9.90 Å². The van der Waals surface area contributed by atoms with Crippen molar-refractivity contribution in [3.63, 3.8) is 0 Å². The van der Waals surface area contributed by atoms with E-state index in [0.717, 1.165) is 29.6 Å². The molecule has 3 aromatic rings. The van der Waals surface area contributed by atoms with Gasteiger partial charge in [0.25, 0.3) is 5.91 Å². The maximum absolute atomic E-state index is 13.5. The number of H-pyrrole nitrogens is 1. The van der Waals surface area contributed by atoms with Gasteiger partial charge in [-0.25, -0.2) is 4.98 Å². The molecule has 4 rings (SSSR count). The number of rotatable bonds is 3. The van der Waals surface area contributed by atoms with Crippen LogP contribution in [-0.2, 0) is 0 Å². The van der Waals surface area contributed by atoms with Gasteiger partial charge in [-0.05, 0) is 56.6 Å². The summed E-state index contributed by atoms with van der Waals surface area (Å²) in [6, 6.07) is 8.94. The number of phenolic OH excluding ortho intramolecular Hbond substituents is 1. The van der Waals surface area contributed by atoms with Gasteiger partial charge in [-0.3, -0.25) is 9.89 Å². The Morgan fingerprint density at radius 1 is 1.32 bits per heavy atom. The molecule has 146 valence electrons. The number of likely N-dealkylation sites (tertiary alicyclic amines) is 1. The second-order valence-electron chi connectivity index (χ2n) is 7.55. The average Bonchev–Trinajstić information content (AvgIpc) is 3.08. The van der Waals surface area contributed by atoms with Crippen LogP contribution in [0.4, 0.5) is 0 Å². The average molecular weight is 379 g/mol. The largest absolute Gasteiger partial charge is 0.508 e. The van der Waals surface area contributed by atoms with E-state index in [4.69, 9.17) is 0 Å². The molecule has 1 fully saturated rings. The number of hydrogen-bond donors (Lipinski definition) is 3. The number of hydrogen-bond acceptors (Lipinski definition) is 5. The molecule has 0 spiro atoms. The molecule has 0 aliphatic carbocycles. The van der Waals surface area contributed by atoms with Gasteiger partial charge in [0.05, 0.1) is 22.3 Å². The Labute approximate surface area is 163 Å². The molecule has 1 amide bonds. The topological polar surface area (TPSA) is 94.1 Å². The van der Waals surface area contributed by atoms with Crippen LogP contribution in [0.1, 0.15) is 29.4 Å². The number of nitrogens with zero attached hydrogens (tertiary/aromatic N) is 3. The van der Waals surface area contributed by atoms with E-state index in [1.54, 1.807) is 24.3 Å². The van der Waals surface area contributed by atoms with Crippen molar-refractivity contribution in [1.29, 1.82) is 0 Å². The van der Waals surface area contributed by atoms with Crippen molar-refractivity contribution in [2.75, 3.05) is 20.1 Å². The standard InChI is InChI=1S/C21H25N5O2/c1-12-8-9-26(11-18(12)22-3)21(28)16-10-17(14-4-6-15(27)7-5-14)23-20-19(16)13(2)24-25-20/h4-7,10,12,18,22,27H,8-9,11H2,1-3H3,(H,23,24,25). The predicted octanol–water partition coefficient (Wildman–Crippen LogP) is 2.71. The number of phenols is 1. The van der Waals surface area contributed by atoms with E-state index in [-0.39, 0.29) is 17.7 Å². The summed E-state index contributed by atoms with van der Waals surface area (Å²) in [5.74, 6) is 0.734. The summed E-state index contributed by atoms with van der Waals surface area (Å²) in [4.78, 5) is 20.0. The number of pyridine rings is 1. The summed E-state index contributed by atoms with van der Waals surface area (Å²) in [5.41, 5.74) is 3.49. The lowest BCUT2D eigenvalue weighted by atomic mass is 9.93. The van der Waals surface area contributed by atoms with E-state index in [9.17, 15) is 9.90 Å². The lowest BCUT2D eigenvalue weighted by molar-refractivity contribution is 0.0656. The highest BCUT2D eigenvalue weighted by molar-refractivity contribution is 6.07. The number of piperidine rings is 1. The molecule has 28 heavy (non-hydrogen) atoms. The highest BCUT2D eigenvalue weighted by Crippen LogP contribution is 2.29. The molecule has 0 bridgehead atoms. The summed E-state index contributed by atoms with van der Waals surface area (Å²) >= 11 is 0. The van der Waals surface area contributed by atoms with Crippen molar-refractivity contribution in [3.8, 4) is 17.0 Å². The van der Waals surface area contributed by atoms with Crippen LogP contribution in [0.5, 0.6) is 5.75 Å². The summed E-state index contributed by atoms with van der Waals surface area (Å²) < 4.78 is 0. The van der Waals surface area contributed by atoms with E-state index in [1.165, 1.54) is 0 Å². The molecule has 2 aromatic heterocycles. The number of carbonyl (C=O) groups is 1. The SMILES string of the molecule is CNC1CN(C(=O)c2cc(-c3ccc(O)cc3)nc3[nH]nc(C)c23)CCC1C. The van der Waals surface area contributed by atoms with Gasteiger partial charge in [0.2, 0.25) is 0 Å². The zero-order valence-corrected chi connectivity index (χ0v) is 16.4. The third kappa shape index (κ3) is 3.22. The Bertz CT molecular complexity index is 1010. The molecule has 1 aliphatic rings. The predicted molar refractivity (Wildman–Crippen MR) is 108 cm³/mol. The van der Waals surface area contributed by atoms with Crippen LogP contribution in [0, 0.1) is 12.8 Å². The highest BCUT2D eigenvalue weighted by atomic mass is 16.3. The minimum atomic E-state index is 0.00378. The lowest BCUT2D eigenvalue weighted by Gasteiger charge is -2.37. The Morgan fingerprint density at radius 2 is 2.07 bits per heavy atom. The lowest BCUT2D eigenvalue weighted by Crippen LogP contribution is -2.51. The van der Waals surface area contributed by atoms with Crippen LogP contribution in [0.15, 0.2) is 30.3 Å². The van der Waals surface area contributed by atoms with Crippen LogP contribution in [0.2, 0.25) is 0 Å². The van der Waals surface area contributed by atoms with E-state index in [0.29, 0.717) is 29.4 Å². The number of nitrogens with one attached hydrogen (secondary N) is 2. The molecule has 0 radical (unpaired) electrons. The molecule has 2 atom stereocenters. The fourth-order valence-corrected chi connectivity index (χ4v) is 3.93. The Kier molecular flexibility index (Phi) is 4.77. The number of benzene rings is 1. The van der Waals surface area contributed by atoms with Crippen molar-refractivity contribution in [1.82, 2.24) is 25.4 Å². The highest BCUT2D eigenvalue weighted by Gasteiger charge is 2.30. The van der Waals surface area contributed by atoms with Gasteiger partial charge in [-0.1, -0.05) is 6.92 Å². The zero-order chi connectivity index (χ0) is 19.8. The first-order chi connectivity index (χ1) is 13.5. The van der Waals surface area contributed by atoms with E-state index < -0.39 is 0 Å². The molecule has 3 N–H and O–H groups in total. The van der Waals surface area contributed by atoms with Gasteiger partial charge in [-0.2, -0.15) is 5.10 Å². The third-order valence-corrected chi connectivity index (χ3v) is 5.72. The smallest absolute Gasteiger partial charge is 0.254 e. The van der Waals surface area contributed by atoms with Crippen LogP contribution < -0.4 is 5.32 Å². The first-order valence-corrected chi connectivity index (χ1v) is 9.59. The van der Waals surface area contributed by atoms with Crippen LogP contribution >= 0.6 is 0 Å². The zero-order valence-electron chi connectivity index (χ0n) is 16.4.